The Morgan fingerprint density at radius 2 is 1.66 bits per heavy atom. The van der Waals surface area contributed by atoms with Gasteiger partial charge >= 0.3 is 0 Å². The van der Waals surface area contributed by atoms with E-state index in [4.69, 9.17) is 4.98 Å². The van der Waals surface area contributed by atoms with Crippen molar-refractivity contribution in [3.8, 4) is 22.3 Å². The summed E-state index contributed by atoms with van der Waals surface area (Å²) in [7, 11) is 4.17. The van der Waals surface area contributed by atoms with Crippen LogP contribution in [0, 0.1) is 6.92 Å². The van der Waals surface area contributed by atoms with Crippen LogP contribution >= 0.6 is 0 Å². The molecule has 1 atom stereocenters. The smallest absolute Gasteiger partial charge is 0.137 e. The number of nitrogens with zero attached hydrogens (tertiary/aromatic N) is 4. The number of fused-ring (bicyclic) bond motifs is 1. The molecular formula is C34H43N5O2. The number of anilines is 1. The van der Waals surface area contributed by atoms with Crippen LogP contribution in [-0.4, -0.2) is 81.9 Å². The zero-order valence-corrected chi connectivity index (χ0v) is 24.8. The molecule has 2 fully saturated rings. The molecule has 7 heteroatoms. The van der Waals surface area contributed by atoms with Crippen molar-refractivity contribution in [2.75, 3.05) is 45.2 Å². The molecule has 0 amide bonds. The van der Waals surface area contributed by atoms with E-state index in [0.29, 0.717) is 0 Å². The zero-order chi connectivity index (χ0) is 28.7. The fourth-order valence-corrected chi connectivity index (χ4v) is 6.54. The van der Waals surface area contributed by atoms with Crippen LogP contribution in [0.5, 0.6) is 0 Å². The van der Waals surface area contributed by atoms with E-state index in [1.54, 1.807) is 0 Å². The molecule has 0 radical (unpaired) electrons. The second-order valence-corrected chi connectivity index (χ2v) is 12.5. The predicted octanol–water partition coefficient (Wildman–Crippen LogP) is 5.57. The molecule has 1 aliphatic heterocycles. The van der Waals surface area contributed by atoms with Gasteiger partial charge in [-0.15, -0.1) is 0 Å². The fourth-order valence-electron chi connectivity index (χ4n) is 6.54. The monoisotopic (exact) mass is 553 g/mol. The molecule has 1 unspecified atom stereocenters. The quantitative estimate of drug-likeness (QED) is 0.271. The molecule has 0 spiro atoms. The van der Waals surface area contributed by atoms with Gasteiger partial charge in [-0.25, -0.2) is 4.98 Å². The Balaban J connectivity index is 1.21. The highest BCUT2D eigenvalue weighted by molar-refractivity contribution is 5.96. The number of likely N-dealkylation sites (N-methyl/N-ethyl adjacent to an activating group) is 1. The third-order valence-electron chi connectivity index (χ3n) is 9.42. The molecule has 41 heavy (non-hydrogen) atoms. The number of aryl methyl sites for hydroxylation is 1. The second-order valence-electron chi connectivity index (χ2n) is 12.5. The summed E-state index contributed by atoms with van der Waals surface area (Å²) >= 11 is 0. The highest BCUT2D eigenvalue weighted by Crippen LogP contribution is 2.35. The van der Waals surface area contributed by atoms with Crippen LogP contribution in [0.25, 0.3) is 33.3 Å². The van der Waals surface area contributed by atoms with Crippen molar-refractivity contribution in [2.45, 2.75) is 57.4 Å². The van der Waals surface area contributed by atoms with Crippen LogP contribution in [0.1, 0.15) is 50.0 Å². The lowest BCUT2D eigenvalue weighted by Crippen LogP contribution is -2.44. The van der Waals surface area contributed by atoms with Gasteiger partial charge in [0, 0.05) is 66.8 Å². The maximum atomic E-state index is 11.1. The normalized spacial score (nSPS) is 22.9. The second kappa shape index (κ2) is 11.2. The molecule has 3 heterocycles. The summed E-state index contributed by atoms with van der Waals surface area (Å²) in [5.41, 5.74) is 8.24. The zero-order valence-electron chi connectivity index (χ0n) is 24.8. The number of rotatable bonds is 6. The lowest BCUT2D eigenvalue weighted by molar-refractivity contribution is -0.0517. The number of aliphatic hydroxyl groups is 2. The van der Waals surface area contributed by atoms with Gasteiger partial charge in [-0.05, 0) is 94.1 Å². The van der Waals surface area contributed by atoms with Crippen molar-refractivity contribution in [1.82, 2.24) is 19.8 Å². The molecule has 4 aromatic rings. The van der Waals surface area contributed by atoms with E-state index >= 15 is 0 Å². The Bertz CT molecular complexity index is 1490. The molecule has 2 aliphatic rings. The number of hydrogen-bond donors (Lipinski definition) is 3. The summed E-state index contributed by atoms with van der Waals surface area (Å²) in [5.74, 6) is 0. The fraction of sp³-hybridized carbons (Fsp3) is 0.441. The third kappa shape index (κ3) is 5.77. The summed E-state index contributed by atoms with van der Waals surface area (Å²) < 4.78 is 0. The average molecular weight is 554 g/mol. The Morgan fingerprint density at radius 3 is 2.34 bits per heavy atom. The minimum atomic E-state index is -0.676. The molecule has 2 aromatic carbocycles. The van der Waals surface area contributed by atoms with Crippen molar-refractivity contribution < 1.29 is 10.2 Å². The van der Waals surface area contributed by atoms with Gasteiger partial charge in [-0.3, -0.25) is 4.90 Å². The number of pyridine rings is 1. The molecule has 6 rings (SSSR count). The Morgan fingerprint density at radius 1 is 0.976 bits per heavy atom. The van der Waals surface area contributed by atoms with Gasteiger partial charge in [0.15, 0.2) is 0 Å². The summed E-state index contributed by atoms with van der Waals surface area (Å²) in [6, 6.07) is 17.5. The predicted molar refractivity (Wildman–Crippen MR) is 167 cm³/mol. The van der Waals surface area contributed by atoms with Crippen LogP contribution in [0.4, 0.5) is 5.69 Å². The highest BCUT2D eigenvalue weighted by atomic mass is 16.3. The SMILES string of the molecule is Cc1cc(-c2cnc3[nH]cc(-c4ccc(C(O)N(C)C5CCC(C)(O)CC5)cc4)c3c2)ccc1N1CCN(C)CC1. The van der Waals surface area contributed by atoms with Gasteiger partial charge in [0.2, 0.25) is 0 Å². The lowest BCUT2D eigenvalue weighted by atomic mass is 9.83. The van der Waals surface area contributed by atoms with Crippen LogP contribution < -0.4 is 4.90 Å². The number of H-pyrrole nitrogens is 1. The van der Waals surface area contributed by atoms with E-state index in [2.05, 4.69) is 65.2 Å². The molecule has 216 valence electrons. The molecule has 7 nitrogen and oxygen atoms in total. The molecular weight excluding hydrogens is 510 g/mol. The van der Waals surface area contributed by atoms with Crippen molar-refractivity contribution in [3.05, 3.63) is 72.1 Å². The van der Waals surface area contributed by atoms with E-state index in [0.717, 1.165) is 85.1 Å². The first-order valence-electron chi connectivity index (χ1n) is 14.9. The van der Waals surface area contributed by atoms with Crippen molar-refractivity contribution >= 4 is 16.7 Å². The number of piperazine rings is 1. The standard InChI is InChI=1S/C34H43N5O2/c1-23-19-26(9-10-31(23)39-17-15-37(3)16-18-39)27-20-29-30(22-36-32(29)35-21-27)24-5-7-25(8-6-24)33(40)38(4)28-11-13-34(2,41)14-12-28/h5-10,19-22,28,33,40-41H,11-18H2,1-4H3,(H,35,36). The van der Waals surface area contributed by atoms with Gasteiger partial charge in [0.25, 0.3) is 0 Å². The minimum Gasteiger partial charge on any atom is -0.390 e. The van der Waals surface area contributed by atoms with Crippen LogP contribution in [0.2, 0.25) is 0 Å². The number of aliphatic hydroxyl groups excluding tert-OH is 1. The molecule has 1 aliphatic carbocycles. The molecule has 0 bridgehead atoms. The van der Waals surface area contributed by atoms with Gasteiger partial charge in [0.05, 0.1) is 5.60 Å². The summed E-state index contributed by atoms with van der Waals surface area (Å²) in [5, 5.41) is 22.5. The van der Waals surface area contributed by atoms with Crippen LogP contribution in [0.3, 0.4) is 0 Å². The minimum absolute atomic E-state index is 0.266. The van der Waals surface area contributed by atoms with Crippen molar-refractivity contribution in [3.63, 3.8) is 0 Å². The van der Waals surface area contributed by atoms with E-state index in [-0.39, 0.29) is 6.04 Å². The summed E-state index contributed by atoms with van der Waals surface area (Å²) in [6.45, 7) is 8.43. The maximum absolute atomic E-state index is 11.1. The van der Waals surface area contributed by atoms with Gasteiger partial charge in [-0.1, -0.05) is 30.3 Å². The van der Waals surface area contributed by atoms with Gasteiger partial charge < -0.3 is 25.0 Å². The van der Waals surface area contributed by atoms with Crippen LogP contribution in [-0.2, 0) is 0 Å². The third-order valence-corrected chi connectivity index (χ3v) is 9.42. The summed E-state index contributed by atoms with van der Waals surface area (Å²) in [4.78, 5) is 15.0. The van der Waals surface area contributed by atoms with Crippen LogP contribution in [0.15, 0.2) is 60.9 Å². The van der Waals surface area contributed by atoms with E-state index < -0.39 is 11.8 Å². The highest BCUT2D eigenvalue weighted by Gasteiger charge is 2.32. The van der Waals surface area contributed by atoms with E-state index in [1.807, 2.05) is 43.4 Å². The lowest BCUT2D eigenvalue weighted by Gasteiger charge is -2.39. The number of nitrogens with one attached hydrogen (secondary N) is 1. The molecule has 1 saturated carbocycles. The van der Waals surface area contributed by atoms with E-state index in [1.165, 1.54) is 16.8 Å². The van der Waals surface area contributed by atoms with Crippen molar-refractivity contribution in [1.29, 1.82) is 0 Å². The summed E-state index contributed by atoms with van der Waals surface area (Å²) in [6.07, 6.45) is 6.61. The van der Waals surface area contributed by atoms with Gasteiger partial charge in [-0.2, -0.15) is 0 Å². The molecule has 3 N–H and O–H groups in total. The molecule has 1 saturated heterocycles. The number of aromatic nitrogens is 2. The molecule has 2 aromatic heterocycles. The first-order valence-corrected chi connectivity index (χ1v) is 14.9. The maximum Gasteiger partial charge on any atom is 0.137 e. The number of hydrogen-bond acceptors (Lipinski definition) is 6. The van der Waals surface area contributed by atoms with E-state index in [9.17, 15) is 10.2 Å². The topological polar surface area (TPSA) is 78.9 Å². The number of benzene rings is 2. The Labute approximate surface area is 243 Å². The average Bonchev–Trinajstić information content (AvgIpc) is 3.40. The first kappa shape index (κ1) is 27.9. The first-order chi connectivity index (χ1) is 19.7. The van der Waals surface area contributed by atoms with Gasteiger partial charge in [0.1, 0.15) is 11.9 Å². The Hall–Kier alpha value is -3.23. The number of aromatic amines is 1. The largest absolute Gasteiger partial charge is 0.390 e. The Kier molecular flexibility index (Phi) is 7.64. The van der Waals surface area contributed by atoms with Crippen molar-refractivity contribution in [2.24, 2.45) is 0 Å².